The van der Waals surface area contributed by atoms with Crippen molar-refractivity contribution in [1.82, 2.24) is 10.6 Å². The predicted molar refractivity (Wildman–Crippen MR) is 152 cm³/mol. The van der Waals surface area contributed by atoms with E-state index in [1.165, 1.54) is 38.5 Å². The molecule has 0 heterocycles. The Morgan fingerprint density at radius 3 is 0.946 bits per heavy atom. The molecule has 0 aromatic heterocycles. The Morgan fingerprint density at radius 2 is 0.703 bits per heavy atom. The van der Waals surface area contributed by atoms with Crippen molar-refractivity contribution in [3.63, 3.8) is 0 Å². The van der Waals surface area contributed by atoms with Crippen LogP contribution in [0.5, 0.6) is 0 Å². The summed E-state index contributed by atoms with van der Waals surface area (Å²) in [5.74, 6) is -1.13. The summed E-state index contributed by atoms with van der Waals surface area (Å²) in [6, 6.07) is 0. The highest BCUT2D eigenvalue weighted by molar-refractivity contribution is 5.75. The highest BCUT2D eigenvalue weighted by Gasteiger charge is 1.99. The number of carboxylic acid groups (broad SMARTS) is 2. The smallest absolute Gasteiger partial charge is 0.303 e. The van der Waals surface area contributed by atoms with E-state index < -0.39 is 11.9 Å². The fourth-order valence-corrected chi connectivity index (χ4v) is 3.45. The average Bonchev–Trinajstić information content (AvgIpc) is 2.89. The standard InChI is InChI=1S/C14H27NO3.C13H25NO3.C2H6/c1-2-13(16)15-12-10-8-6-4-3-5-7-9-11-14(17)18;1-2-12(15)14-11-9-7-5-3-4-6-8-10-13(16)17;1-2/h2-12H2,1H3,(H,15,16)(H,17,18);2-11H2,1H3,(H,14,15)(H,16,17);1-2H3. The zero-order valence-electron chi connectivity index (χ0n) is 24.4. The second-order valence-corrected chi connectivity index (χ2v) is 9.00. The van der Waals surface area contributed by atoms with E-state index in [9.17, 15) is 19.2 Å². The summed E-state index contributed by atoms with van der Waals surface area (Å²) >= 11 is 0. The molecule has 37 heavy (non-hydrogen) atoms. The quantitative estimate of drug-likeness (QED) is 0.107. The molecule has 0 saturated heterocycles. The highest BCUT2D eigenvalue weighted by atomic mass is 16.4. The third-order valence-electron chi connectivity index (χ3n) is 5.67. The number of carboxylic acids is 2. The van der Waals surface area contributed by atoms with Gasteiger partial charge in [-0.2, -0.15) is 0 Å². The second-order valence-electron chi connectivity index (χ2n) is 9.00. The van der Waals surface area contributed by atoms with Crippen molar-refractivity contribution in [1.29, 1.82) is 0 Å². The van der Waals surface area contributed by atoms with Gasteiger partial charge >= 0.3 is 11.9 Å². The number of unbranched alkanes of at least 4 members (excludes halogenated alkanes) is 13. The summed E-state index contributed by atoms with van der Waals surface area (Å²) in [6.07, 6.45) is 18.0. The topological polar surface area (TPSA) is 133 Å². The Kier molecular flexibility index (Phi) is 36.1. The van der Waals surface area contributed by atoms with Gasteiger partial charge in [-0.05, 0) is 25.7 Å². The van der Waals surface area contributed by atoms with Crippen molar-refractivity contribution in [3.05, 3.63) is 0 Å². The van der Waals surface area contributed by atoms with Crippen LogP contribution in [0.15, 0.2) is 0 Å². The summed E-state index contributed by atoms with van der Waals surface area (Å²) in [5.41, 5.74) is 0. The van der Waals surface area contributed by atoms with Crippen LogP contribution in [0.25, 0.3) is 0 Å². The number of nitrogens with one attached hydrogen (secondary N) is 2. The lowest BCUT2D eigenvalue weighted by Gasteiger charge is -2.03. The van der Waals surface area contributed by atoms with E-state index in [1.807, 2.05) is 27.7 Å². The van der Waals surface area contributed by atoms with Gasteiger partial charge in [-0.25, -0.2) is 0 Å². The summed E-state index contributed by atoms with van der Waals surface area (Å²) in [6.45, 7) is 9.29. The molecule has 0 radical (unpaired) electrons. The predicted octanol–water partition coefficient (Wildman–Crippen LogP) is 6.85. The molecule has 0 aromatic carbocycles. The van der Waals surface area contributed by atoms with Crippen molar-refractivity contribution in [2.75, 3.05) is 13.1 Å². The highest BCUT2D eigenvalue weighted by Crippen LogP contribution is 2.10. The van der Waals surface area contributed by atoms with Gasteiger partial charge in [0.25, 0.3) is 0 Å². The van der Waals surface area contributed by atoms with Crippen LogP contribution in [0.4, 0.5) is 0 Å². The molecule has 0 aliphatic heterocycles. The van der Waals surface area contributed by atoms with Crippen molar-refractivity contribution in [2.45, 2.75) is 150 Å². The van der Waals surface area contributed by atoms with Crippen LogP contribution in [-0.4, -0.2) is 47.1 Å². The van der Waals surface area contributed by atoms with Gasteiger partial charge in [0.05, 0.1) is 0 Å². The molecule has 2 amide bonds. The fourth-order valence-electron chi connectivity index (χ4n) is 3.45. The van der Waals surface area contributed by atoms with Gasteiger partial charge < -0.3 is 20.8 Å². The zero-order valence-corrected chi connectivity index (χ0v) is 24.4. The molecule has 0 aromatic rings. The largest absolute Gasteiger partial charge is 0.481 e. The van der Waals surface area contributed by atoms with Crippen LogP contribution >= 0.6 is 0 Å². The van der Waals surface area contributed by atoms with Gasteiger partial charge in [0.15, 0.2) is 0 Å². The molecule has 220 valence electrons. The van der Waals surface area contributed by atoms with Gasteiger partial charge in [-0.3, -0.25) is 19.2 Å². The average molecular weight is 531 g/mol. The monoisotopic (exact) mass is 530 g/mol. The molecule has 0 rings (SSSR count). The molecule has 8 nitrogen and oxygen atoms in total. The molecule has 4 N–H and O–H groups in total. The van der Waals surface area contributed by atoms with Crippen molar-refractivity contribution >= 4 is 23.8 Å². The third kappa shape index (κ3) is 41.3. The lowest BCUT2D eigenvalue weighted by Crippen LogP contribution is -2.23. The van der Waals surface area contributed by atoms with Crippen molar-refractivity contribution in [2.24, 2.45) is 0 Å². The van der Waals surface area contributed by atoms with E-state index in [-0.39, 0.29) is 11.8 Å². The summed E-state index contributed by atoms with van der Waals surface area (Å²) < 4.78 is 0. The molecule has 0 fully saturated rings. The molecule has 0 atom stereocenters. The van der Waals surface area contributed by atoms with Crippen LogP contribution < -0.4 is 10.6 Å². The van der Waals surface area contributed by atoms with Gasteiger partial charge in [0, 0.05) is 38.8 Å². The minimum absolute atomic E-state index is 0.124. The van der Waals surface area contributed by atoms with Gasteiger partial charge in [-0.15, -0.1) is 0 Å². The van der Waals surface area contributed by atoms with Crippen LogP contribution in [0.1, 0.15) is 150 Å². The van der Waals surface area contributed by atoms with Crippen molar-refractivity contribution < 1.29 is 29.4 Å². The van der Waals surface area contributed by atoms with E-state index in [0.717, 1.165) is 70.9 Å². The van der Waals surface area contributed by atoms with E-state index in [0.29, 0.717) is 25.7 Å². The molecular formula is C29H58N2O6. The Morgan fingerprint density at radius 1 is 0.459 bits per heavy atom. The number of rotatable bonds is 23. The maximum Gasteiger partial charge on any atom is 0.303 e. The first-order valence-electron chi connectivity index (χ1n) is 14.8. The first-order chi connectivity index (χ1) is 17.8. The first kappa shape index (κ1) is 39.4. The SMILES string of the molecule is CC.CCC(=O)NCCCCCCCCCC(=O)O.CCC(=O)NCCCCCCCCCCC(=O)O. The summed E-state index contributed by atoms with van der Waals surface area (Å²) in [4.78, 5) is 42.4. The zero-order chi connectivity index (χ0) is 28.6. The Hall–Kier alpha value is -2.12. The first-order valence-corrected chi connectivity index (χ1v) is 14.8. The Bertz CT molecular complexity index is 540. The number of amides is 2. The number of hydrogen-bond donors (Lipinski definition) is 4. The van der Waals surface area contributed by atoms with E-state index in [1.54, 1.807) is 0 Å². The van der Waals surface area contributed by atoms with Crippen LogP contribution in [0.3, 0.4) is 0 Å². The molecule has 0 bridgehead atoms. The normalized spacial score (nSPS) is 9.84. The van der Waals surface area contributed by atoms with Gasteiger partial charge in [0.2, 0.25) is 11.8 Å². The lowest BCUT2D eigenvalue weighted by atomic mass is 10.1. The van der Waals surface area contributed by atoms with E-state index >= 15 is 0 Å². The Balaban J connectivity index is -0.000000586. The maximum atomic E-state index is 10.9. The molecule has 8 heteroatoms. The molecule has 0 unspecified atom stereocenters. The summed E-state index contributed by atoms with van der Waals surface area (Å²) in [7, 11) is 0. The fraction of sp³-hybridized carbons (Fsp3) is 0.862. The number of carbonyl (C=O) groups excluding carboxylic acids is 2. The van der Waals surface area contributed by atoms with Crippen LogP contribution in [0.2, 0.25) is 0 Å². The van der Waals surface area contributed by atoms with E-state index in [2.05, 4.69) is 10.6 Å². The van der Waals surface area contributed by atoms with Crippen molar-refractivity contribution in [3.8, 4) is 0 Å². The molecule has 0 aliphatic rings. The lowest BCUT2D eigenvalue weighted by molar-refractivity contribution is -0.138. The minimum atomic E-state index is -0.698. The maximum absolute atomic E-state index is 10.9. The molecular weight excluding hydrogens is 472 g/mol. The number of carbonyl (C=O) groups is 4. The van der Waals surface area contributed by atoms with Crippen LogP contribution in [-0.2, 0) is 19.2 Å². The second kappa shape index (κ2) is 33.9. The molecule has 0 spiro atoms. The third-order valence-corrected chi connectivity index (χ3v) is 5.67. The van der Waals surface area contributed by atoms with Crippen LogP contribution in [0, 0.1) is 0 Å². The number of hydrogen-bond acceptors (Lipinski definition) is 4. The van der Waals surface area contributed by atoms with E-state index in [4.69, 9.17) is 10.2 Å². The number of aliphatic carboxylic acids is 2. The van der Waals surface area contributed by atoms with Gasteiger partial charge in [-0.1, -0.05) is 98.3 Å². The van der Waals surface area contributed by atoms with Gasteiger partial charge in [0.1, 0.15) is 0 Å². The molecule has 0 saturated carbocycles. The summed E-state index contributed by atoms with van der Waals surface area (Å²) in [5, 5.41) is 22.6. The minimum Gasteiger partial charge on any atom is -0.481 e. The molecule has 0 aliphatic carbocycles. The Labute approximate surface area is 226 Å².